The molecule has 0 saturated carbocycles. The number of imide groups is 1. The van der Waals surface area contributed by atoms with Crippen LogP contribution in [-0.4, -0.2) is 20.2 Å². The number of hydrogen-bond acceptors (Lipinski definition) is 4. The van der Waals surface area contributed by atoms with E-state index in [1.54, 1.807) is 0 Å². The van der Waals surface area contributed by atoms with E-state index < -0.39 is 27.9 Å². The highest BCUT2D eigenvalue weighted by molar-refractivity contribution is 9.10. The number of hydrogen-bond donors (Lipinski definition) is 2. The predicted molar refractivity (Wildman–Crippen MR) is 95.7 cm³/mol. The average molecular weight is 423 g/mol. The molecule has 0 saturated heterocycles. The average Bonchev–Trinajstić information content (AvgIpc) is 2.87. The Balaban J connectivity index is 1.91. The number of halogens is 1. The zero-order chi connectivity index (χ0) is 18.2. The minimum atomic E-state index is -3.85. The molecule has 0 fully saturated rings. The molecule has 0 bridgehead atoms. The van der Waals surface area contributed by atoms with Crippen molar-refractivity contribution in [1.29, 1.82) is 0 Å². The summed E-state index contributed by atoms with van der Waals surface area (Å²) < 4.78 is 28.9. The van der Waals surface area contributed by atoms with Gasteiger partial charge < -0.3 is 0 Å². The highest BCUT2D eigenvalue weighted by Gasteiger charge is 2.29. The monoisotopic (exact) mass is 422 g/mol. The number of sulfonamides is 1. The number of benzene rings is 2. The molecule has 0 aromatic heterocycles. The molecule has 1 heterocycles. The van der Waals surface area contributed by atoms with Crippen molar-refractivity contribution in [3.8, 4) is 0 Å². The summed E-state index contributed by atoms with van der Waals surface area (Å²) in [7, 11) is -3.85. The summed E-state index contributed by atoms with van der Waals surface area (Å²) in [5, 5.41) is 2.15. The summed E-state index contributed by atoms with van der Waals surface area (Å²) in [5.41, 5.74) is 1.09. The van der Waals surface area contributed by atoms with Gasteiger partial charge in [0.1, 0.15) is 0 Å². The van der Waals surface area contributed by atoms with Gasteiger partial charge in [0.15, 0.2) is 0 Å². The summed E-state index contributed by atoms with van der Waals surface area (Å²) in [6.45, 7) is 1.88. The Morgan fingerprint density at radius 1 is 1.04 bits per heavy atom. The summed E-state index contributed by atoms with van der Waals surface area (Å²) in [6.07, 6.45) is 0.560. The van der Waals surface area contributed by atoms with Crippen LogP contribution in [0.25, 0.3) is 0 Å². The molecule has 0 radical (unpaired) electrons. The number of carbonyl (C=O) groups is 2. The molecule has 130 valence electrons. The maximum Gasteiger partial charge on any atom is 0.258 e. The topological polar surface area (TPSA) is 92.3 Å². The van der Waals surface area contributed by atoms with Crippen LogP contribution in [-0.2, 0) is 10.0 Å². The van der Waals surface area contributed by atoms with Crippen LogP contribution in [0.1, 0.15) is 45.7 Å². The number of amides is 2. The minimum Gasteiger partial charge on any atom is -0.288 e. The number of carbonyl (C=O) groups excluding carboxylic acids is 2. The maximum absolute atomic E-state index is 12.7. The maximum atomic E-state index is 12.7. The quantitative estimate of drug-likeness (QED) is 0.724. The van der Waals surface area contributed by atoms with Crippen LogP contribution in [0.3, 0.4) is 0 Å². The van der Waals surface area contributed by atoms with Gasteiger partial charge in [0.2, 0.25) is 10.0 Å². The fraction of sp³-hybridized carbons (Fsp3) is 0.176. The first kappa shape index (κ1) is 17.8. The Morgan fingerprint density at radius 2 is 1.68 bits per heavy atom. The molecule has 3 rings (SSSR count). The molecule has 6 nitrogen and oxygen atoms in total. The molecule has 1 aliphatic heterocycles. The lowest BCUT2D eigenvalue weighted by Gasteiger charge is -2.18. The van der Waals surface area contributed by atoms with Gasteiger partial charge in [-0.2, -0.15) is 0 Å². The largest absolute Gasteiger partial charge is 0.288 e. The fourth-order valence-electron chi connectivity index (χ4n) is 2.65. The molecule has 1 atom stereocenters. The second kappa shape index (κ2) is 6.70. The van der Waals surface area contributed by atoms with Crippen LogP contribution < -0.4 is 10.0 Å². The van der Waals surface area contributed by atoms with Gasteiger partial charge in [0.25, 0.3) is 11.8 Å². The highest BCUT2D eigenvalue weighted by Crippen LogP contribution is 2.24. The molecule has 1 aliphatic rings. The SMILES string of the molecule is CCC(NS(=O)(=O)c1ccc2c(c1)C(=O)NC2=O)c1ccc(Br)cc1. The van der Waals surface area contributed by atoms with E-state index in [2.05, 4.69) is 26.0 Å². The van der Waals surface area contributed by atoms with Gasteiger partial charge in [-0.1, -0.05) is 35.0 Å². The standard InChI is InChI=1S/C17H15BrN2O4S/c1-2-15(10-3-5-11(18)6-4-10)20-25(23,24)12-7-8-13-14(9-12)17(22)19-16(13)21/h3-9,15,20H,2H2,1H3,(H,19,21,22). The molecular weight excluding hydrogens is 408 g/mol. The first-order valence-electron chi connectivity index (χ1n) is 7.59. The number of rotatable bonds is 5. The highest BCUT2D eigenvalue weighted by atomic mass is 79.9. The Hall–Kier alpha value is -2.03. The third-order valence-electron chi connectivity index (χ3n) is 4.00. The minimum absolute atomic E-state index is 0.0494. The third-order valence-corrected chi connectivity index (χ3v) is 5.99. The van der Waals surface area contributed by atoms with Gasteiger partial charge in [-0.25, -0.2) is 13.1 Å². The molecule has 25 heavy (non-hydrogen) atoms. The zero-order valence-corrected chi connectivity index (χ0v) is 15.6. The van der Waals surface area contributed by atoms with Crippen LogP contribution in [0.4, 0.5) is 0 Å². The normalized spacial score (nSPS) is 15.0. The molecule has 1 unspecified atom stereocenters. The first-order chi connectivity index (χ1) is 11.8. The first-order valence-corrected chi connectivity index (χ1v) is 9.87. The fourth-order valence-corrected chi connectivity index (χ4v) is 4.25. The molecule has 2 N–H and O–H groups in total. The molecule has 0 spiro atoms. The van der Waals surface area contributed by atoms with Crippen LogP contribution in [0.2, 0.25) is 0 Å². The van der Waals surface area contributed by atoms with E-state index in [-0.39, 0.29) is 16.0 Å². The van der Waals surface area contributed by atoms with Crippen molar-refractivity contribution in [2.24, 2.45) is 0 Å². The van der Waals surface area contributed by atoms with Crippen LogP contribution >= 0.6 is 15.9 Å². The molecular formula is C17H15BrN2O4S. The molecule has 2 aromatic rings. The van der Waals surface area contributed by atoms with Crippen molar-refractivity contribution < 1.29 is 18.0 Å². The third kappa shape index (κ3) is 3.51. The summed E-state index contributed by atoms with van der Waals surface area (Å²) in [4.78, 5) is 23.3. The van der Waals surface area contributed by atoms with Gasteiger partial charge in [-0.3, -0.25) is 14.9 Å². The zero-order valence-electron chi connectivity index (χ0n) is 13.2. The van der Waals surface area contributed by atoms with Crippen LogP contribution in [0, 0.1) is 0 Å². The van der Waals surface area contributed by atoms with E-state index in [0.717, 1.165) is 10.0 Å². The van der Waals surface area contributed by atoms with E-state index in [9.17, 15) is 18.0 Å². The number of nitrogens with one attached hydrogen (secondary N) is 2. The summed E-state index contributed by atoms with van der Waals surface area (Å²) in [6, 6.07) is 10.9. The smallest absolute Gasteiger partial charge is 0.258 e. The van der Waals surface area contributed by atoms with Crippen molar-refractivity contribution in [3.05, 3.63) is 63.6 Å². The lowest BCUT2D eigenvalue weighted by Crippen LogP contribution is -2.28. The van der Waals surface area contributed by atoms with Gasteiger partial charge in [-0.05, 0) is 42.3 Å². The summed E-state index contributed by atoms with van der Waals surface area (Å²) >= 11 is 3.35. The summed E-state index contributed by atoms with van der Waals surface area (Å²) in [5.74, 6) is -1.10. The van der Waals surface area contributed by atoms with Crippen molar-refractivity contribution in [2.45, 2.75) is 24.3 Å². The molecule has 2 amide bonds. The van der Waals surface area contributed by atoms with Crippen LogP contribution in [0.15, 0.2) is 51.8 Å². The van der Waals surface area contributed by atoms with Crippen molar-refractivity contribution in [2.75, 3.05) is 0 Å². The van der Waals surface area contributed by atoms with E-state index in [4.69, 9.17) is 0 Å². The molecule has 0 aliphatic carbocycles. The van der Waals surface area contributed by atoms with Crippen LogP contribution in [0.5, 0.6) is 0 Å². The van der Waals surface area contributed by atoms with Gasteiger partial charge >= 0.3 is 0 Å². The molecule has 2 aromatic carbocycles. The molecule has 8 heteroatoms. The van der Waals surface area contributed by atoms with E-state index in [1.807, 2.05) is 31.2 Å². The van der Waals surface area contributed by atoms with E-state index in [1.165, 1.54) is 18.2 Å². The van der Waals surface area contributed by atoms with E-state index >= 15 is 0 Å². The van der Waals surface area contributed by atoms with E-state index in [0.29, 0.717) is 6.42 Å². The van der Waals surface area contributed by atoms with Gasteiger partial charge in [0, 0.05) is 10.5 Å². The van der Waals surface area contributed by atoms with Crippen molar-refractivity contribution in [3.63, 3.8) is 0 Å². The van der Waals surface area contributed by atoms with Crippen molar-refractivity contribution in [1.82, 2.24) is 10.0 Å². The van der Waals surface area contributed by atoms with Gasteiger partial charge in [-0.15, -0.1) is 0 Å². The number of fused-ring (bicyclic) bond motifs is 1. The Bertz CT molecular complexity index is 955. The Labute approximate surface area is 153 Å². The van der Waals surface area contributed by atoms with Gasteiger partial charge in [0.05, 0.1) is 16.0 Å². The Morgan fingerprint density at radius 3 is 2.32 bits per heavy atom. The lowest BCUT2D eigenvalue weighted by molar-refractivity contribution is 0.0879. The Kier molecular flexibility index (Phi) is 4.77. The second-order valence-corrected chi connectivity index (χ2v) is 8.25. The van der Waals surface area contributed by atoms with Crippen molar-refractivity contribution >= 4 is 37.8 Å². The second-order valence-electron chi connectivity index (χ2n) is 5.62. The lowest BCUT2D eigenvalue weighted by atomic mass is 10.1. The predicted octanol–water partition coefficient (Wildman–Crippen LogP) is 2.76.